The standard InChI is InChI=1S/C19H18FN5O2/c1-23-12-14(10-17(23)26)22-18(27)16-11-21-25(15-6-4-13(20)5-7-15)19(16)24-8-2-3-9-24/h2-9,11,14H,10,12H2,1H3,(H,22,27). The van der Waals surface area contributed by atoms with Crippen LogP contribution in [0.25, 0.3) is 11.5 Å². The van der Waals surface area contributed by atoms with Crippen LogP contribution in [-0.2, 0) is 4.79 Å². The maximum absolute atomic E-state index is 13.3. The predicted molar refractivity (Wildman–Crippen MR) is 96.4 cm³/mol. The van der Waals surface area contributed by atoms with Gasteiger partial charge in [-0.1, -0.05) is 0 Å². The lowest BCUT2D eigenvalue weighted by Gasteiger charge is -2.14. The van der Waals surface area contributed by atoms with Crippen molar-refractivity contribution in [3.8, 4) is 11.5 Å². The van der Waals surface area contributed by atoms with Crippen LogP contribution in [0.2, 0.25) is 0 Å². The van der Waals surface area contributed by atoms with Gasteiger partial charge in [0.2, 0.25) is 5.91 Å². The number of halogens is 1. The number of carbonyl (C=O) groups excluding carboxylic acids is 2. The fraction of sp³-hybridized carbons (Fsp3) is 0.211. The highest BCUT2D eigenvalue weighted by Crippen LogP contribution is 2.21. The van der Waals surface area contributed by atoms with Gasteiger partial charge >= 0.3 is 0 Å². The maximum atomic E-state index is 13.3. The zero-order valence-electron chi connectivity index (χ0n) is 14.7. The normalized spacial score (nSPS) is 16.7. The minimum absolute atomic E-state index is 0.00735. The SMILES string of the molecule is CN1CC(NC(=O)c2cnn(-c3ccc(F)cc3)c2-n2cccc2)CC1=O. The highest BCUT2D eigenvalue weighted by Gasteiger charge is 2.29. The van der Waals surface area contributed by atoms with Gasteiger partial charge in [-0.3, -0.25) is 9.59 Å². The van der Waals surface area contributed by atoms with E-state index in [2.05, 4.69) is 10.4 Å². The molecule has 2 aromatic heterocycles. The molecule has 27 heavy (non-hydrogen) atoms. The molecule has 2 amide bonds. The Labute approximate surface area is 155 Å². The van der Waals surface area contributed by atoms with Crippen LogP contribution in [0.4, 0.5) is 4.39 Å². The molecule has 0 saturated carbocycles. The number of hydrogen-bond acceptors (Lipinski definition) is 3. The van der Waals surface area contributed by atoms with Gasteiger partial charge in [0.25, 0.3) is 5.91 Å². The van der Waals surface area contributed by atoms with Crippen LogP contribution in [0.3, 0.4) is 0 Å². The number of hydrogen-bond donors (Lipinski definition) is 1. The first kappa shape index (κ1) is 17.0. The van der Waals surface area contributed by atoms with E-state index in [1.807, 2.05) is 12.1 Å². The van der Waals surface area contributed by atoms with Crippen molar-refractivity contribution < 1.29 is 14.0 Å². The van der Waals surface area contributed by atoms with Crippen molar-refractivity contribution in [1.82, 2.24) is 24.6 Å². The van der Waals surface area contributed by atoms with Crippen molar-refractivity contribution in [3.05, 3.63) is 66.4 Å². The van der Waals surface area contributed by atoms with E-state index >= 15 is 0 Å². The molecule has 7 nitrogen and oxygen atoms in total. The number of likely N-dealkylation sites (N-methyl/N-ethyl adjacent to an activating group) is 1. The first-order valence-corrected chi connectivity index (χ1v) is 8.55. The molecule has 1 fully saturated rings. The Morgan fingerprint density at radius 3 is 2.56 bits per heavy atom. The molecule has 1 aromatic carbocycles. The number of nitrogens with zero attached hydrogens (tertiary/aromatic N) is 4. The van der Waals surface area contributed by atoms with Crippen LogP contribution in [0.15, 0.2) is 55.0 Å². The Morgan fingerprint density at radius 1 is 1.22 bits per heavy atom. The molecule has 1 atom stereocenters. The van der Waals surface area contributed by atoms with E-state index in [0.717, 1.165) is 0 Å². The first-order chi connectivity index (χ1) is 13.0. The molecule has 0 bridgehead atoms. The molecule has 1 N–H and O–H groups in total. The Morgan fingerprint density at radius 2 is 1.93 bits per heavy atom. The average molecular weight is 367 g/mol. The number of carbonyl (C=O) groups is 2. The fourth-order valence-corrected chi connectivity index (χ4v) is 3.22. The van der Waals surface area contributed by atoms with E-state index < -0.39 is 0 Å². The first-order valence-electron chi connectivity index (χ1n) is 8.55. The van der Waals surface area contributed by atoms with E-state index in [0.29, 0.717) is 23.6 Å². The van der Waals surface area contributed by atoms with Crippen LogP contribution < -0.4 is 5.32 Å². The summed E-state index contributed by atoms with van der Waals surface area (Å²) in [6.07, 6.45) is 5.38. The third-order valence-electron chi connectivity index (χ3n) is 4.58. The van der Waals surface area contributed by atoms with Gasteiger partial charge in [0.1, 0.15) is 11.4 Å². The second-order valence-corrected chi connectivity index (χ2v) is 6.51. The summed E-state index contributed by atoms with van der Waals surface area (Å²) in [4.78, 5) is 26.2. The van der Waals surface area contributed by atoms with Gasteiger partial charge in [-0.2, -0.15) is 5.10 Å². The number of aromatic nitrogens is 3. The molecule has 1 aliphatic rings. The van der Waals surface area contributed by atoms with E-state index in [1.165, 1.54) is 18.3 Å². The maximum Gasteiger partial charge on any atom is 0.257 e. The summed E-state index contributed by atoms with van der Waals surface area (Å²) in [5, 5.41) is 7.24. The summed E-state index contributed by atoms with van der Waals surface area (Å²) in [5.74, 6) is -0.101. The van der Waals surface area contributed by atoms with Crippen molar-refractivity contribution in [3.63, 3.8) is 0 Å². The molecule has 4 rings (SSSR count). The van der Waals surface area contributed by atoms with Gasteiger partial charge < -0.3 is 14.8 Å². The Hall–Kier alpha value is -3.42. The lowest BCUT2D eigenvalue weighted by molar-refractivity contribution is -0.126. The summed E-state index contributed by atoms with van der Waals surface area (Å²) in [6.45, 7) is 0.482. The zero-order valence-corrected chi connectivity index (χ0v) is 14.7. The average Bonchev–Trinajstić information content (AvgIpc) is 3.36. The summed E-state index contributed by atoms with van der Waals surface area (Å²) in [7, 11) is 1.71. The predicted octanol–water partition coefficient (Wildman–Crippen LogP) is 1.76. The third kappa shape index (κ3) is 3.21. The Bertz CT molecular complexity index is 978. The summed E-state index contributed by atoms with van der Waals surface area (Å²) < 4.78 is 16.6. The molecule has 1 saturated heterocycles. The molecule has 0 spiro atoms. The van der Waals surface area contributed by atoms with Gasteiger partial charge in [-0.15, -0.1) is 0 Å². The number of likely N-dealkylation sites (tertiary alicyclic amines) is 1. The van der Waals surface area contributed by atoms with Crippen LogP contribution >= 0.6 is 0 Å². The molecule has 8 heteroatoms. The van der Waals surface area contributed by atoms with Gasteiger partial charge in [0, 0.05) is 32.4 Å². The van der Waals surface area contributed by atoms with Crippen LogP contribution in [-0.4, -0.2) is 50.7 Å². The Balaban J connectivity index is 1.70. The van der Waals surface area contributed by atoms with Gasteiger partial charge in [0.15, 0.2) is 5.82 Å². The number of nitrogens with one attached hydrogen (secondary N) is 1. The molecule has 1 unspecified atom stereocenters. The molecular weight excluding hydrogens is 349 g/mol. The molecule has 138 valence electrons. The zero-order chi connectivity index (χ0) is 19.0. The van der Waals surface area contributed by atoms with Crippen molar-refractivity contribution in [2.75, 3.05) is 13.6 Å². The van der Waals surface area contributed by atoms with Crippen LogP contribution in [0.1, 0.15) is 16.8 Å². The van der Waals surface area contributed by atoms with Crippen LogP contribution in [0.5, 0.6) is 0 Å². The van der Waals surface area contributed by atoms with Crippen molar-refractivity contribution >= 4 is 11.8 Å². The van der Waals surface area contributed by atoms with Crippen molar-refractivity contribution in [1.29, 1.82) is 0 Å². The second kappa shape index (κ2) is 6.71. The topological polar surface area (TPSA) is 72.2 Å². The van der Waals surface area contributed by atoms with Crippen LogP contribution in [0, 0.1) is 5.82 Å². The van der Waals surface area contributed by atoms with E-state index in [1.54, 1.807) is 45.7 Å². The quantitative estimate of drug-likeness (QED) is 0.764. The number of rotatable bonds is 4. The van der Waals surface area contributed by atoms with E-state index in [9.17, 15) is 14.0 Å². The van der Waals surface area contributed by atoms with Gasteiger partial charge in [-0.05, 0) is 36.4 Å². The van der Waals surface area contributed by atoms with Gasteiger partial charge in [-0.25, -0.2) is 9.07 Å². The lowest BCUT2D eigenvalue weighted by Crippen LogP contribution is -2.36. The summed E-state index contributed by atoms with van der Waals surface area (Å²) >= 11 is 0. The van der Waals surface area contributed by atoms with E-state index in [-0.39, 0.29) is 30.1 Å². The molecule has 1 aliphatic heterocycles. The lowest BCUT2D eigenvalue weighted by atomic mass is 10.2. The number of amides is 2. The van der Waals surface area contributed by atoms with Crippen molar-refractivity contribution in [2.45, 2.75) is 12.5 Å². The highest BCUT2D eigenvalue weighted by molar-refractivity contribution is 5.98. The monoisotopic (exact) mass is 367 g/mol. The number of benzene rings is 1. The smallest absolute Gasteiger partial charge is 0.257 e. The molecule has 0 radical (unpaired) electrons. The Kier molecular flexibility index (Phi) is 4.23. The summed E-state index contributed by atoms with van der Waals surface area (Å²) in [6, 6.07) is 9.33. The molecule has 0 aliphatic carbocycles. The highest BCUT2D eigenvalue weighted by atomic mass is 19.1. The largest absolute Gasteiger partial charge is 0.347 e. The van der Waals surface area contributed by atoms with Gasteiger partial charge in [0.05, 0.1) is 17.9 Å². The van der Waals surface area contributed by atoms with E-state index in [4.69, 9.17) is 0 Å². The molecule has 3 aromatic rings. The summed E-state index contributed by atoms with van der Waals surface area (Å²) in [5.41, 5.74) is 1.01. The van der Waals surface area contributed by atoms with Crippen molar-refractivity contribution in [2.24, 2.45) is 0 Å². The molecule has 3 heterocycles. The third-order valence-corrected chi connectivity index (χ3v) is 4.58. The fourth-order valence-electron chi connectivity index (χ4n) is 3.22. The minimum atomic E-state index is -0.346. The second-order valence-electron chi connectivity index (χ2n) is 6.51. The minimum Gasteiger partial charge on any atom is -0.347 e. The molecular formula is C19H18FN5O2.